The van der Waals surface area contributed by atoms with Gasteiger partial charge in [0.2, 0.25) is 5.52 Å². The molecule has 0 unspecified atom stereocenters. The van der Waals surface area contributed by atoms with Crippen molar-refractivity contribution in [3.05, 3.63) is 54.7 Å². The summed E-state index contributed by atoms with van der Waals surface area (Å²) in [5, 5.41) is 12.8. The van der Waals surface area contributed by atoms with Gasteiger partial charge in [0.15, 0.2) is 12.7 Å². The molecule has 3 heteroatoms. The maximum Gasteiger partial charge on any atom is 0.213 e. The minimum atomic E-state index is 0. The molecule has 92 valence electrons. The maximum absolute atomic E-state index is 9.07. The van der Waals surface area contributed by atoms with E-state index in [1.807, 2.05) is 12.3 Å². The molecule has 2 nitrogen and oxygen atoms in total. The fourth-order valence-corrected chi connectivity index (χ4v) is 2.34. The minimum absolute atomic E-state index is 0. The standard InChI is InChI=1S/C15H14NO.BrH/c17-11-10-16-9-3-6-14-13-5-2-1-4-12(13)7-8-15(14)16;/h1-9,17H,10-11H2;1H/q+1;/p-1. The predicted molar refractivity (Wildman–Crippen MR) is 68.7 cm³/mol. The molecule has 1 heterocycles. The molecule has 3 rings (SSSR count). The first-order valence-electron chi connectivity index (χ1n) is 5.81. The fraction of sp³-hybridized carbons (Fsp3) is 0.133. The number of hydrogen-bond acceptors (Lipinski definition) is 1. The molecule has 2 aromatic carbocycles. The highest BCUT2D eigenvalue weighted by atomic mass is 79.9. The molecular formula is C15H14BrNO. The van der Waals surface area contributed by atoms with Gasteiger partial charge in [0.25, 0.3) is 0 Å². The number of aliphatic hydroxyl groups is 1. The molecule has 0 aliphatic carbocycles. The molecule has 0 aliphatic rings. The second-order valence-corrected chi connectivity index (χ2v) is 4.14. The molecule has 0 spiro atoms. The zero-order valence-corrected chi connectivity index (χ0v) is 11.5. The van der Waals surface area contributed by atoms with Gasteiger partial charge in [-0.1, -0.05) is 24.3 Å². The Morgan fingerprint density at radius 1 is 0.889 bits per heavy atom. The monoisotopic (exact) mass is 303 g/mol. The first kappa shape index (κ1) is 13.0. The number of halogens is 1. The second kappa shape index (κ2) is 5.46. The van der Waals surface area contributed by atoms with Crippen molar-refractivity contribution in [2.24, 2.45) is 0 Å². The van der Waals surface area contributed by atoms with Crippen molar-refractivity contribution in [3.8, 4) is 0 Å². The van der Waals surface area contributed by atoms with Gasteiger partial charge in [-0.3, -0.25) is 0 Å². The van der Waals surface area contributed by atoms with Crippen molar-refractivity contribution in [2.45, 2.75) is 6.54 Å². The molecule has 0 saturated heterocycles. The Hall–Kier alpha value is -1.45. The molecule has 0 fully saturated rings. The van der Waals surface area contributed by atoms with Crippen LogP contribution in [0.1, 0.15) is 0 Å². The van der Waals surface area contributed by atoms with Crippen LogP contribution in [0.15, 0.2) is 54.7 Å². The van der Waals surface area contributed by atoms with Gasteiger partial charge in [0.1, 0.15) is 6.61 Å². The van der Waals surface area contributed by atoms with E-state index in [1.165, 1.54) is 21.7 Å². The molecule has 3 aromatic rings. The summed E-state index contributed by atoms with van der Waals surface area (Å²) in [6, 6.07) is 16.8. The van der Waals surface area contributed by atoms with E-state index in [-0.39, 0.29) is 23.6 Å². The highest BCUT2D eigenvalue weighted by Gasteiger charge is 2.09. The molecule has 0 bridgehead atoms. The van der Waals surface area contributed by atoms with Crippen LogP contribution in [-0.4, -0.2) is 11.7 Å². The van der Waals surface area contributed by atoms with Crippen LogP contribution in [0.2, 0.25) is 0 Å². The van der Waals surface area contributed by atoms with E-state index in [1.54, 1.807) is 0 Å². The smallest absolute Gasteiger partial charge is 0.213 e. The summed E-state index contributed by atoms with van der Waals surface area (Å²) in [6.45, 7) is 0.798. The molecule has 0 aliphatic heterocycles. The Morgan fingerprint density at radius 2 is 1.67 bits per heavy atom. The number of aliphatic hydroxyl groups excluding tert-OH is 1. The van der Waals surface area contributed by atoms with Crippen molar-refractivity contribution in [3.63, 3.8) is 0 Å². The van der Waals surface area contributed by atoms with Crippen molar-refractivity contribution >= 4 is 21.7 Å². The fourth-order valence-electron chi connectivity index (χ4n) is 2.34. The number of nitrogens with zero attached hydrogens (tertiary/aromatic N) is 1. The number of aromatic nitrogens is 1. The van der Waals surface area contributed by atoms with E-state index < -0.39 is 0 Å². The molecule has 0 saturated carbocycles. The van der Waals surface area contributed by atoms with Crippen LogP contribution in [0.5, 0.6) is 0 Å². The molecular weight excluding hydrogens is 290 g/mol. The number of hydrogen-bond donors (Lipinski definition) is 1. The summed E-state index contributed by atoms with van der Waals surface area (Å²) in [5.41, 5.74) is 1.17. The van der Waals surface area contributed by atoms with Crippen LogP contribution >= 0.6 is 0 Å². The molecule has 1 aromatic heterocycles. The lowest BCUT2D eigenvalue weighted by atomic mass is 10.1. The third kappa shape index (κ3) is 2.11. The zero-order chi connectivity index (χ0) is 11.7. The third-order valence-corrected chi connectivity index (χ3v) is 3.13. The van der Waals surface area contributed by atoms with E-state index in [0.29, 0.717) is 6.54 Å². The molecule has 0 radical (unpaired) electrons. The molecule has 1 N–H and O–H groups in total. The predicted octanol–water partition coefficient (Wildman–Crippen LogP) is -0.723. The topological polar surface area (TPSA) is 24.1 Å². The van der Waals surface area contributed by atoms with Crippen molar-refractivity contribution in [2.75, 3.05) is 6.61 Å². The highest BCUT2D eigenvalue weighted by molar-refractivity contribution is 6.04. The molecule has 0 atom stereocenters. The van der Waals surface area contributed by atoms with E-state index in [0.717, 1.165) is 0 Å². The van der Waals surface area contributed by atoms with Crippen LogP contribution in [0.3, 0.4) is 0 Å². The van der Waals surface area contributed by atoms with Crippen LogP contribution in [-0.2, 0) is 6.54 Å². The number of benzene rings is 2. The Kier molecular flexibility index (Phi) is 3.94. The summed E-state index contributed by atoms with van der Waals surface area (Å²) in [5.74, 6) is 0. The summed E-state index contributed by atoms with van der Waals surface area (Å²) < 4.78 is 2.09. The van der Waals surface area contributed by atoms with Gasteiger partial charge in [0, 0.05) is 12.1 Å². The quantitative estimate of drug-likeness (QED) is 0.490. The number of pyridine rings is 1. The first-order chi connectivity index (χ1) is 8.40. The van der Waals surface area contributed by atoms with Crippen LogP contribution < -0.4 is 21.5 Å². The van der Waals surface area contributed by atoms with Gasteiger partial charge in [-0.05, 0) is 22.9 Å². The van der Waals surface area contributed by atoms with Gasteiger partial charge in [-0.15, -0.1) is 0 Å². The van der Waals surface area contributed by atoms with E-state index in [4.69, 9.17) is 5.11 Å². The maximum atomic E-state index is 9.07. The normalized spacial score (nSPS) is 10.5. The number of fused-ring (bicyclic) bond motifs is 3. The van der Waals surface area contributed by atoms with Crippen LogP contribution in [0.4, 0.5) is 0 Å². The Balaban J connectivity index is 0.00000120. The van der Waals surface area contributed by atoms with Gasteiger partial charge < -0.3 is 22.1 Å². The third-order valence-electron chi connectivity index (χ3n) is 3.13. The summed E-state index contributed by atoms with van der Waals surface area (Å²) in [4.78, 5) is 0. The van der Waals surface area contributed by atoms with Crippen molar-refractivity contribution in [1.29, 1.82) is 0 Å². The van der Waals surface area contributed by atoms with E-state index in [2.05, 4.69) is 47.0 Å². The van der Waals surface area contributed by atoms with Gasteiger partial charge in [-0.25, -0.2) is 0 Å². The van der Waals surface area contributed by atoms with Crippen LogP contribution in [0, 0.1) is 0 Å². The largest absolute Gasteiger partial charge is 1.00 e. The zero-order valence-electron chi connectivity index (χ0n) is 9.88. The highest BCUT2D eigenvalue weighted by Crippen LogP contribution is 2.22. The van der Waals surface area contributed by atoms with Crippen LogP contribution in [0.25, 0.3) is 21.7 Å². The Morgan fingerprint density at radius 3 is 2.50 bits per heavy atom. The first-order valence-corrected chi connectivity index (χ1v) is 5.81. The van der Waals surface area contributed by atoms with Crippen molar-refractivity contribution in [1.82, 2.24) is 0 Å². The van der Waals surface area contributed by atoms with Gasteiger partial charge >= 0.3 is 0 Å². The summed E-state index contributed by atoms with van der Waals surface area (Å²) >= 11 is 0. The lowest BCUT2D eigenvalue weighted by Crippen LogP contribution is -3.00. The minimum Gasteiger partial charge on any atom is -1.00 e. The average molecular weight is 304 g/mol. The number of rotatable bonds is 2. The molecule has 0 amide bonds. The Bertz CT molecular complexity index is 681. The lowest BCUT2D eigenvalue weighted by molar-refractivity contribution is -0.672. The SMILES string of the molecule is OCC[n+]1cccc2c3ccccc3ccc21.[Br-]. The summed E-state index contributed by atoms with van der Waals surface area (Å²) in [6.07, 6.45) is 2.01. The van der Waals surface area contributed by atoms with Crippen molar-refractivity contribution < 1.29 is 26.7 Å². The Labute approximate surface area is 116 Å². The average Bonchev–Trinajstić information content (AvgIpc) is 2.39. The van der Waals surface area contributed by atoms with Gasteiger partial charge in [0.05, 0.1) is 5.39 Å². The lowest BCUT2D eigenvalue weighted by Gasteiger charge is -2.03. The van der Waals surface area contributed by atoms with Gasteiger partial charge in [-0.2, -0.15) is 4.57 Å². The van der Waals surface area contributed by atoms with E-state index in [9.17, 15) is 0 Å². The second-order valence-electron chi connectivity index (χ2n) is 4.14. The molecule has 18 heavy (non-hydrogen) atoms. The van der Waals surface area contributed by atoms with E-state index >= 15 is 0 Å². The summed E-state index contributed by atoms with van der Waals surface area (Å²) in [7, 11) is 0.